The van der Waals surface area contributed by atoms with Gasteiger partial charge in [0.25, 0.3) is 0 Å². The van der Waals surface area contributed by atoms with Crippen molar-refractivity contribution >= 4 is 28.3 Å². The second-order valence-corrected chi connectivity index (χ2v) is 4.70. The highest BCUT2D eigenvalue weighted by atomic mass is 79.9. The van der Waals surface area contributed by atoms with Crippen LogP contribution < -0.4 is 10.6 Å². The molecule has 0 aliphatic carbocycles. The van der Waals surface area contributed by atoms with Crippen molar-refractivity contribution in [3.8, 4) is 0 Å². The number of aromatic nitrogens is 1. The molecule has 16 heavy (non-hydrogen) atoms. The minimum Gasteiger partial charge on any atom is -0.317 e. The van der Waals surface area contributed by atoms with Crippen molar-refractivity contribution in [2.45, 2.75) is 25.4 Å². The predicted molar refractivity (Wildman–Crippen MR) is 71.9 cm³/mol. The largest absolute Gasteiger partial charge is 0.317 e. The molecule has 0 spiro atoms. The smallest absolute Gasteiger partial charge is 0.106 e. The van der Waals surface area contributed by atoms with Crippen molar-refractivity contribution in [3.63, 3.8) is 0 Å². The highest BCUT2D eigenvalue weighted by molar-refractivity contribution is 9.10. The number of halogens is 2. The fraction of sp³-hybridized carbons (Fsp3) is 0.545. The maximum absolute atomic E-state index is 4.11. The molecule has 90 valence electrons. The molecule has 2 heterocycles. The van der Waals surface area contributed by atoms with Gasteiger partial charge < -0.3 is 10.6 Å². The highest BCUT2D eigenvalue weighted by Gasteiger charge is 2.11. The van der Waals surface area contributed by atoms with E-state index in [2.05, 4.69) is 43.7 Å². The van der Waals surface area contributed by atoms with Gasteiger partial charge in [0, 0.05) is 18.8 Å². The number of pyridine rings is 1. The monoisotopic (exact) mass is 305 g/mol. The van der Waals surface area contributed by atoms with E-state index >= 15 is 0 Å². The summed E-state index contributed by atoms with van der Waals surface area (Å²) in [5.41, 5.74) is 1.29. The first kappa shape index (κ1) is 13.9. The first-order valence-electron chi connectivity index (χ1n) is 5.39. The maximum atomic E-state index is 4.11. The van der Waals surface area contributed by atoms with Crippen molar-refractivity contribution in [3.05, 3.63) is 28.5 Å². The zero-order valence-corrected chi connectivity index (χ0v) is 11.5. The number of piperidine rings is 1. The number of nitrogens with zero attached hydrogens (tertiary/aromatic N) is 1. The van der Waals surface area contributed by atoms with Gasteiger partial charge >= 0.3 is 0 Å². The van der Waals surface area contributed by atoms with E-state index < -0.39 is 0 Å². The van der Waals surface area contributed by atoms with Crippen LogP contribution in [0.15, 0.2) is 22.9 Å². The van der Waals surface area contributed by atoms with Crippen molar-refractivity contribution < 1.29 is 0 Å². The summed E-state index contributed by atoms with van der Waals surface area (Å²) in [7, 11) is 0. The van der Waals surface area contributed by atoms with Crippen LogP contribution in [0.4, 0.5) is 0 Å². The van der Waals surface area contributed by atoms with Crippen molar-refractivity contribution in [1.82, 2.24) is 15.6 Å². The molecule has 5 heteroatoms. The van der Waals surface area contributed by atoms with E-state index in [0.717, 1.165) is 24.2 Å². The Morgan fingerprint density at radius 3 is 2.88 bits per heavy atom. The van der Waals surface area contributed by atoms with Gasteiger partial charge in [-0.15, -0.1) is 12.4 Å². The van der Waals surface area contributed by atoms with Crippen LogP contribution in [-0.2, 0) is 6.54 Å². The summed E-state index contributed by atoms with van der Waals surface area (Å²) in [6.45, 7) is 3.21. The van der Waals surface area contributed by atoms with Crippen molar-refractivity contribution in [2.24, 2.45) is 0 Å². The van der Waals surface area contributed by atoms with Gasteiger partial charge in [-0.3, -0.25) is 0 Å². The van der Waals surface area contributed by atoms with Gasteiger partial charge in [-0.25, -0.2) is 4.98 Å². The normalized spacial score (nSPS) is 16.8. The molecular weight excluding hydrogens is 289 g/mol. The summed E-state index contributed by atoms with van der Waals surface area (Å²) in [5, 5.41) is 6.94. The predicted octanol–water partition coefficient (Wildman–Crippen LogP) is 2.11. The molecule has 0 atom stereocenters. The summed E-state index contributed by atoms with van der Waals surface area (Å²) >= 11 is 3.38. The molecule has 2 rings (SSSR count). The van der Waals surface area contributed by atoms with Crippen LogP contribution >= 0.6 is 28.3 Å². The third kappa shape index (κ3) is 4.37. The Balaban J connectivity index is 0.00000128. The SMILES string of the molecule is Brc1cc(CNC2CCNCC2)ccn1.Cl. The quantitative estimate of drug-likeness (QED) is 0.840. The van der Waals surface area contributed by atoms with E-state index in [9.17, 15) is 0 Å². The second-order valence-electron chi connectivity index (χ2n) is 3.89. The fourth-order valence-corrected chi connectivity index (χ4v) is 2.25. The lowest BCUT2D eigenvalue weighted by atomic mass is 10.1. The molecule has 0 aromatic carbocycles. The van der Waals surface area contributed by atoms with Gasteiger partial charge in [-0.1, -0.05) is 0 Å². The molecule has 3 nitrogen and oxygen atoms in total. The van der Waals surface area contributed by atoms with Gasteiger partial charge in [-0.05, 0) is 59.6 Å². The Morgan fingerprint density at radius 1 is 1.44 bits per heavy atom. The number of rotatable bonds is 3. The third-order valence-electron chi connectivity index (χ3n) is 2.72. The van der Waals surface area contributed by atoms with E-state index in [1.54, 1.807) is 0 Å². The molecule has 0 amide bonds. The van der Waals surface area contributed by atoms with E-state index in [1.165, 1.54) is 18.4 Å². The van der Waals surface area contributed by atoms with Crippen LogP contribution in [0.2, 0.25) is 0 Å². The maximum Gasteiger partial charge on any atom is 0.106 e. The molecule has 0 unspecified atom stereocenters. The van der Waals surface area contributed by atoms with Gasteiger partial charge in [0.15, 0.2) is 0 Å². The van der Waals surface area contributed by atoms with Crippen LogP contribution in [0.1, 0.15) is 18.4 Å². The average molecular weight is 307 g/mol. The molecule has 1 fully saturated rings. The minimum absolute atomic E-state index is 0. The Kier molecular flexibility index (Phi) is 6.28. The van der Waals surface area contributed by atoms with Gasteiger partial charge in [-0.2, -0.15) is 0 Å². The van der Waals surface area contributed by atoms with E-state index in [-0.39, 0.29) is 12.4 Å². The molecular formula is C11H17BrClN3. The van der Waals surface area contributed by atoms with E-state index in [1.807, 2.05) is 6.20 Å². The van der Waals surface area contributed by atoms with Crippen LogP contribution in [0.25, 0.3) is 0 Å². The second kappa shape index (κ2) is 7.22. The van der Waals surface area contributed by atoms with Crippen LogP contribution in [0.3, 0.4) is 0 Å². The lowest BCUT2D eigenvalue weighted by Crippen LogP contribution is -2.39. The van der Waals surface area contributed by atoms with Crippen molar-refractivity contribution in [1.29, 1.82) is 0 Å². The topological polar surface area (TPSA) is 37.0 Å². The Hall–Kier alpha value is -0.160. The molecule has 1 aliphatic heterocycles. The third-order valence-corrected chi connectivity index (χ3v) is 3.16. The molecule has 1 aromatic heterocycles. The lowest BCUT2D eigenvalue weighted by molar-refractivity contribution is 0.386. The first-order chi connectivity index (χ1) is 7.34. The highest BCUT2D eigenvalue weighted by Crippen LogP contribution is 2.09. The van der Waals surface area contributed by atoms with Crippen LogP contribution in [0, 0.1) is 0 Å². The first-order valence-corrected chi connectivity index (χ1v) is 6.18. The average Bonchev–Trinajstić information content (AvgIpc) is 2.28. The molecule has 0 radical (unpaired) electrons. The molecule has 1 aromatic rings. The number of nitrogens with one attached hydrogen (secondary N) is 2. The van der Waals surface area contributed by atoms with Crippen LogP contribution in [-0.4, -0.2) is 24.1 Å². The van der Waals surface area contributed by atoms with Crippen molar-refractivity contribution in [2.75, 3.05) is 13.1 Å². The number of hydrogen-bond donors (Lipinski definition) is 2. The molecule has 0 bridgehead atoms. The summed E-state index contributed by atoms with van der Waals surface area (Å²) in [5.74, 6) is 0. The molecule has 1 aliphatic rings. The molecule has 0 saturated carbocycles. The Bertz CT molecular complexity index is 316. The van der Waals surface area contributed by atoms with E-state index in [4.69, 9.17) is 0 Å². The Labute approximate surface area is 111 Å². The van der Waals surface area contributed by atoms with Crippen LogP contribution in [0.5, 0.6) is 0 Å². The van der Waals surface area contributed by atoms with Gasteiger partial charge in [0.1, 0.15) is 4.60 Å². The number of hydrogen-bond acceptors (Lipinski definition) is 3. The van der Waals surface area contributed by atoms with Gasteiger partial charge in [0.2, 0.25) is 0 Å². The Morgan fingerprint density at radius 2 is 2.19 bits per heavy atom. The zero-order valence-electron chi connectivity index (χ0n) is 9.08. The van der Waals surface area contributed by atoms with E-state index in [0.29, 0.717) is 6.04 Å². The fourth-order valence-electron chi connectivity index (χ4n) is 1.84. The lowest BCUT2D eigenvalue weighted by Gasteiger charge is -2.23. The molecule has 1 saturated heterocycles. The summed E-state index contributed by atoms with van der Waals surface area (Å²) in [6, 6.07) is 4.78. The van der Waals surface area contributed by atoms with Gasteiger partial charge in [0.05, 0.1) is 0 Å². The standard InChI is InChI=1S/C11H16BrN3.ClH/c12-11-7-9(1-6-14-11)8-15-10-2-4-13-5-3-10;/h1,6-7,10,13,15H,2-5,8H2;1H. The zero-order chi connectivity index (χ0) is 10.5. The summed E-state index contributed by atoms with van der Waals surface area (Å²) < 4.78 is 0.909. The summed E-state index contributed by atoms with van der Waals surface area (Å²) in [6.07, 6.45) is 4.29. The summed E-state index contributed by atoms with van der Waals surface area (Å²) in [4.78, 5) is 4.11. The minimum atomic E-state index is 0. The molecule has 2 N–H and O–H groups in total.